The van der Waals surface area contributed by atoms with Crippen LogP contribution in [-0.4, -0.2) is 5.88 Å². The first kappa shape index (κ1) is 8.03. The molecular weight excluding hydrogens is 120 g/mol. The van der Waals surface area contributed by atoms with Gasteiger partial charge >= 0.3 is 0 Å². The van der Waals surface area contributed by atoms with E-state index in [1.54, 1.807) is 0 Å². The van der Waals surface area contributed by atoms with E-state index in [-0.39, 0.29) is 0 Å². The van der Waals surface area contributed by atoms with Gasteiger partial charge in [0, 0.05) is 5.88 Å². The highest BCUT2D eigenvalue weighted by Crippen LogP contribution is 2.01. The van der Waals surface area contributed by atoms with Crippen LogP contribution in [0.25, 0.3) is 0 Å². The van der Waals surface area contributed by atoms with E-state index in [0.29, 0.717) is 5.88 Å². The standard InChI is InChI=1S/C7H12Cl/c1-7(2)5-3-4-6-8/h3-4H,5-6H2,1-2H3. The van der Waals surface area contributed by atoms with Crippen molar-refractivity contribution in [1.29, 1.82) is 0 Å². The lowest BCUT2D eigenvalue weighted by Crippen LogP contribution is -1.77. The zero-order valence-corrected chi connectivity index (χ0v) is 6.20. The van der Waals surface area contributed by atoms with E-state index in [9.17, 15) is 0 Å². The van der Waals surface area contributed by atoms with Crippen molar-refractivity contribution < 1.29 is 0 Å². The first-order valence-electron chi connectivity index (χ1n) is 2.77. The van der Waals surface area contributed by atoms with Gasteiger partial charge in [-0.05, 0) is 12.3 Å². The van der Waals surface area contributed by atoms with Crippen molar-refractivity contribution >= 4 is 11.6 Å². The highest BCUT2D eigenvalue weighted by atomic mass is 35.5. The molecule has 0 aliphatic carbocycles. The van der Waals surface area contributed by atoms with Crippen molar-refractivity contribution in [2.24, 2.45) is 0 Å². The topological polar surface area (TPSA) is 0 Å². The van der Waals surface area contributed by atoms with E-state index in [4.69, 9.17) is 11.6 Å². The summed E-state index contributed by atoms with van der Waals surface area (Å²) in [6.45, 7) is 4.22. The van der Waals surface area contributed by atoms with Crippen LogP contribution in [0.5, 0.6) is 0 Å². The Morgan fingerprint density at radius 3 is 2.38 bits per heavy atom. The summed E-state index contributed by atoms with van der Waals surface area (Å²) in [6.07, 6.45) is 5.11. The molecule has 0 saturated heterocycles. The van der Waals surface area contributed by atoms with Gasteiger partial charge in [0.25, 0.3) is 0 Å². The molecule has 0 bridgehead atoms. The van der Waals surface area contributed by atoms with Crippen molar-refractivity contribution in [3.05, 3.63) is 18.1 Å². The van der Waals surface area contributed by atoms with Gasteiger partial charge in [0.1, 0.15) is 0 Å². The van der Waals surface area contributed by atoms with Crippen LogP contribution >= 0.6 is 11.6 Å². The lowest BCUT2D eigenvalue weighted by Gasteiger charge is -1.93. The zero-order valence-electron chi connectivity index (χ0n) is 5.45. The first-order valence-corrected chi connectivity index (χ1v) is 3.31. The Labute approximate surface area is 56.5 Å². The van der Waals surface area contributed by atoms with Gasteiger partial charge in [-0.25, -0.2) is 0 Å². The predicted octanol–water partition coefficient (Wildman–Crippen LogP) is 2.79. The Kier molecular flexibility index (Phi) is 5.19. The molecular formula is C7H12Cl. The molecule has 0 fully saturated rings. The van der Waals surface area contributed by atoms with Crippen LogP contribution in [0.15, 0.2) is 12.2 Å². The van der Waals surface area contributed by atoms with E-state index < -0.39 is 0 Å². The number of alkyl halides is 1. The Morgan fingerprint density at radius 1 is 1.38 bits per heavy atom. The van der Waals surface area contributed by atoms with E-state index in [0.717, 1.165) is 6.42 Å². The first-order chi connectivity index (χ1) is 3.77. The lowest BCUT2D eigenvalue weighted by atomic mass is 10.1. The van der Waals surface area contributed by atoms with Crippen LogP contribution < -0.4 is 0 Å². The van der Waals surface area contributed by atoms with Crippen molar-refractivity contribution in [1.82, 2.24) is 0 Å². The maximum Gasteiger partial charge on any atom is 0.0404 e. The third-order valence-corrected chi connectivity index (χ3v) is 0.960. The Bertz CT molecular complexity index is 64.8. The van der Waals surface area contributed by atoms with Crippen molar-refractivity contribution in [2.75, 3.05) is 5.88 Å². The molecule has 0 aliphatic heterocycles. The molecule has 0 spiro atoms. The second-order valence-electron chi connectivity index (χ2n) is 2.04. The smallest absolute Gasteiger partial charge is 0.0404 e. The minimum atomic E-state index is 0.632. The Morgan fingerprint density at radius 2 is 2.00 bits per heavy atom. The fraction of sp³-hybridized carbons (Fsp3) is 0.571. The van der Waals surface area contributed by atoms with Crippen LogP contribution in [0, 0.1) is 5.92 Å². The second kappa shape index (κ2) is 5.17. The predicted molar refractivity (Wildman–Crippen MR) is 39.1 cm³/mol. The van der Waals surface area contributed by atoms with Gasteiger partial charge in [-0.1, -0.05) is 26.0 Å². The molecule has 0 aliphatic rings. The van der Waals surface area contributed by atoms with Crippen LogP contribution in [0.4, 0.5) is 0 Å². The quantitative estimate of drug-likeness (QED) is 0.408. The molecule has 0 unspecified atom stereocenters. The third kappa shape index (κ3) is 6.03. The molecule has 0 saturated carbocycles. The van der Waals surface area contributed by atoms with Crippen molar-refractivity contribution in [3.63, 3.8) is 0 Å². The second-order valence-corrected chi connectivity index (χ2v) is 2.35. The maximum absolute atomic E-state index is 5.39. The molecule has 1 heteroatoms. The van der Waals surface area contributed by atoms with Crippen molar-refractivity contribution in [2.45, 2.75) is 20.3 Å². The Hall–Kier alpha value is 0.0300. The van der Waals surface area contributed by atoms with Gasteiger partial charge in [-0.2, -0.15) is 0 Å². The van der Waals surface area contributed by atoms with Crippen LogP contribution in [0.2, 0.25) is 0 Å². The summed E-state index contributed by atoms with van der Waals surface area (Å²) in [5.41, 5.74) is 0. The summed E-state index contributed by atoms with van der Waals surface area (Å²) in [6, 6.07) is 0. The minimum absolute atomic E-state index is 0.632. The summed E-state index contributed by atoms with van der Waals surface area (Å²) in [7, 11) is 0. The van der Waals surface area contributed by atoms with Crippen LogP contribution in [0.3, 0.4) is 0 Å². The van der Waals surface area contributed by atoms with Gasteiger partial charge in [-0.3, -0.25) is 0 Å². The van der Waals surface area contributed by atoms with Gasteiger partial charge in [0.2, 0.25) is 0 Å². The zero-order chi connectivity index (χ0) is 6.41. The van der Waals surface area contributed by atoms with Gasteiger partial charge in [0.05, 0.1) is 0 Å². The summed E-state index contributed by atoms with van der Waals surface area (Å²) in [5, 5.41) is 0. The summed E-state index contributed by atoms with van der Waals surface area (Å²) >= 11 is 5.39. The van der Waals surface area contributed by atoms with E-state index in [1.807, 2.05) is 6.08 Å². The van der Waals surface area contributed by atoms with Crippen LogP contribution in [0.1, 0.15) is 20.3 Å². The van der Waals surface area contributed by atoms with Gasteiger partial charge < -0.3 is 0 Å². The van der Waals surface area contributed by atoms with Crippen LogP contribution in [-0.2, 0) is 0 Å². The van der Waals surface area contributed by atoms with E-state index in [1.165, 1.54) is 5.92 Å². The van der Waals surface area contributed by atoms with Crippen molar-refractivity contribution in [3.8, 4) is 0 Å². The highest BCUT2D eigenvalue weighted by Gasteiger charge is 1.85. The highest BCUT2D eigenvalue weighted by molar-refractivity contribution is 6.18. The summed E-state index contributed by atoms with van der Waals surface area (Å²) < 4.78 is 0. The molecule has 1 radical (unpaired) electrons. The molecule has 47 valence electrons. The SMILES string of the molecule is C[C](C)CC=CCCl. The van der Waals surface area contributed by atoms with E-state index in [2.05, 4.69) is 19.9 Å². The Balaban J connectivity index is 3.03. The normalized spacial score (nSPS) is 11.5. The minimum Gasteiger partial charge on any atom is -0.122 e. The fourth-order valence-electron chi connectivity index (χ4n) is 0.382. The number of hydrogen-bond donors (Lipinski definition) is 0. The largest absolute Gasteiger partial charge is 0.122 e. The monoisotopic (exact) mass is 131 g/mol. The van der Waals surface area contributed by atoms with E-state index >= 15 is 0 Å². The molecule has 0 aromatic heterocycles. The molecule has 0 N–H and O–H groups in total. The molecule has 0 heterocycles. The number of allylic oxidation sites excluding steroid dienone is 2. The average Bonchev–Trinajstić information content (AvgIpc) is 1.66. The molecule has 0 atom stereocenters. The molecule has 0 amide bonds. The van der Waals surface area contributed by atoms with Gasteiger partial charge in [0.15, 0.2) is 0 Å². The summed E-state index contributed by atoms with van der Waals surface area (Å²) in [4.78, 5) is 0. The molecule has 8 heavy (non-hydrogen) atoms. The van der Waals surface area contributed by atoms with Gasteiger partial charge in [-0.15, -0.1) is 11.6 Å². The molecule has 0 rings (SSSR count). The number of hydrogen-bond acceptors (Lipinski definition) is 0. The summed E-state index contributed by atoms with van der Waals surface area (Å²) in [5.74, 6) is 2.05. The number of halogens is 1. The molecule has 0 nitrogen and oxygen atoms in total. The maximum atomic E-state index is 5.39. The average molecular weight is 132 g/mol. The molecule has 0 aromatic carbocycles. The third-order valence-electron chi connectivity index (χ3n) is 0.782. The molecule has 0 aromatic rings. The lowest BCUT2D eigenvalue weighted by molar-refractivity contribution is 0.990. The number of rotatable bonds is 3. The fourth-order valence-corrected chi connectivity index (χ4v) is 0.508.